The van der Waals surface area contributed by atoms with Crippen LogP contribution < -0.4 is 4.74 Å². The molecule has 2 aromatic carbocycles. The van der Waals surface area contributed by atoms with Crippen molar-refractivity contribution in [3.63, 3.8) is 0 Å². The van der Waals surface area contributed by atoms with Crippen LogP contribution in [0.25, 0.3) is 0 Å². The third-order valence-electron chi connectivity index (χ3n) is 6.19. The van der Waals surface area contributed by atoms with Gasteiger partial charge in [-0.1, -0.05) is 36.4 Å². The van der Waals surface area contributed by atoms with Crippen LogP contribution in [0.3, 0.4) is 0 Å². The Morgan fingerprint density at radius 1 is 0.933 bits per heavy atom. The number of benzene rings is 2. The van der Waals surface area contributed by atoms with Crippen LogP contribution in [0.5, 0.6) is 5.75 Å². The second-order valence-electron chi connectivity index (χ2n) is 8.20. The quantitative estimate of drug-likeness (QED) is 0.755. The van der Waals surface area contributed by atoms with E-state index < -0.39 is 5.60 Å². The van der Waals surface area contributed by atoms with Gasteiger partial charge in [-0.2, -0.15) is 0 Å². The average molecular weight is 415 g/mol. The predicted molar refractivity (Wildman–Crippen MR) is 114 cm³/mol. The van der Waals surface area contributed by atoms with Crippen molar-refractivity contribution in [1.29, 1.82) is 0 Å². The third kappa shape index (κ3) is 5.19. The van der Waals surface area contributed by atoms with E-state index in [-0.39, 0.29) is 5.82 Å². The molecule has 0 aromatic heterocycles. The van der Waals surface area contributed by atoms with E-state index in [1.54, 1.807) is 18.2 Å². The molecular formula is C24H31FN2O3. The van der Waals surface area contributed by atoms with Crippen LogP contribution >= 0.6 is 0 Å². The number of aliphatic hydroxyl groups is 1. The Hall–Kier alpha value is -1.99. The lowest BCUT2D eigenvalue weighted by molar-refractivity contribution is -0.0304. The standard InChI is InChI=1S/C24H31FN2O3/c25-22-7-3-2-6-21(22)24(28)9-11-27(12-10-24)19-20-5-1-4-8-23(20)30-18-15-26-13-16-29-17-14-26/h1-8,28H,9-19H2. The molecule has 6 heteroatoms. The van der Waals surface area contributed by atoms with Crippen LogP contribution in [0.2, 0.25) is 0 Å². The molecular weight excluding hydrogens is 383 g/mol. The molecule has 1 N–H and O–H groups in total. The molecule has 0 bridgehead atoms. The first kappa shape index (κ1) is 21.2. The Morgan fingerprint density at radius 2 is 1.63 bits per heavy atom. The van der Waals surface area contributed by atoms with Crippen molar-refractivity contribution in [3.05, 3.63) is 65.5 Å². The predicted octanol–water partition coefficient (Wildman–Crippen LogP) is 3.02. The number of hydrogen-bond donors (Lipinski definition) is 1. The highest BCUT2D eigenvalue weighted by atomic mass is 19.1. The average Bonchev–Trinajstić information content (AvgIpc) is 2.78. The molecule has 0 radical (unpaired) electrons. The summed E-state index contributed by atoms with van der Waals surface area (Å²) in [6, 6.07) is 14.7. The first-order chi connectivity index (χ1) is 14.6. The van der Waals surface area contributed by atoms with E-state index in [2.05, 4.69) is 15.9 Å². The van der Waals surface area contributed by atoms with Crippen molar-refractivity contribution in [2.75, 3.05) is 52.5 Å². The maximum absolute atomic E-state index is 14.2. The number of piperidine rings is 1. The lowest BCUT2D eigenvalue weighted by atomic mass is 9.84. The first-order valence-corrected chi connectivity index (χ1v) is 10.8. The lowest BCUT2D eigenvalue weighted by Crippen LogP contribution is -2.42. The molecule has 0 unspecified atom stereocenters. The second-order valence-corrected chi connectivity index (χ2v) is 8.20. The fourth-order valence-electron chi connectivity index (χ4n) is 4.31. The first-order valence-electron chi connectivity index (χ1n) is 10.8. The Morgan fingerprint density at radius 3 is 2.40 bits per heavy atom. The minimum atomic E-state index is -1.09. The van der Waals surface area contributed by atoms with Gasteiger partial charge in [0.05, 0.1) is 18.8 Å². The number of likely N-dealkylation sites (tertiary alicyclic amines) is 1. The molecule has 2 heterocycles. The van der Waals surface area contributed by atoms with E-state index in [0.717, 1.165) is 50.7 Å². The van der Waals surface area contributed by atoms with Crippen LogP contribution in [0.15, 0.2) is 48.5 Å². The van der Waals surface area contributed by atoms with Gasteiger partial charge in [0.25, 0.3) is 0 Å². The molecule has 2 saturated heterocycles. The molecule has 4 rings (SSSR count). The number of ether oxygens (including phenoxy) is 2. The molecule has 0 aliphatic carbocycles. The highest BCUT2D eigenvalue weighted by Gasteiger charge is 2.36. The van der Waals surface area contributed by atoms with Crippen LogP contribution in [-0.2, 0) is 16.9 Å². The summed E-state index contributed by atoms with van der Waals surface area (Å²) in [6.45, 7) is 7.27. The van der Waals surface area contributed by atoms with Gasteiger partial charge < -0.3 is 14.6 Å². The van der Waals surface area contributed by atoms with Gasteiger partial charge in [0.15, 0.2) is 0 Å². The van der Waals surface area contributed by atoms with E-state index in [4.69, 9.17) is 9.47 Å². The molecule has 30 heavy (non-hydrogen) atoms. The Balaban J connectivity index is 1.31. The SMILES string of the molecule is OC1(c2ccccc2F)CCN(Cc2ccccc2OCCN2CCOCC2)CC1. The number of nitrogens with zero attached hydrogens (tertiary/aromatic N) is 2. The van der Waals surface area contributed by atoms with E-state index >= 15 is 0 Å². The van der Waals surface area contributed by atoms with Crippen LogP contribution in [0, 0.1) is 5.82 Å². The van der Waals surface area contributed by atoms with Gasteiger partial charge in [-0.05, 0) is 25.0 Å². The fraction of sp³-hybridized carbons (Fsp3) is 0.500. The van der Waals surface area contributed by atoms with Crippen molar-refractivity contribution in [2.45, 2.75) is 25.0 Å². The topological polar surface area (TPSA) is 45.2 Å². The smallest absolute Gasteiger partial charge is 0.129 e. The molecule has 2 aromatic rings. The summed E-state index contributed by atoms with van der Waals surface area (Å²) in [7, 11) is 0. The molecule has 2 aliphatic rings. The summed E-state index contributed by atoms with van der Waals surface area (Å²) in [5.41, 5.74) is 0.475. The molecule has 0 amide bonds. The van der Waals surface area contributed by atoms with Crippen molar-refractivity contribution in [2.24, 2.45) is 0 Å². The van der Waals surface area contributed by atoms with Gasteiger partial charge in [-0.15, -0.1) is 0 Å². The molecule has 5 nitrogen and oxygen atoms in total. The summed E-state index contributed by atoms with van der Waals surface area (Å²) >= 11 is 0. The maximum atomic E-state index is 14.2. The molecule has 162 valence electrons. The summed E-state index contributed by atoms with van der Waals surface area (Å²) in [4.78, 5) is 4.67. The molecule has 0 spiro atoms. The summed E-state index contributed by atoms with van der Waals surface area (Å²) in [5, 5.41) is 11.0. The Labute approximate surface area is 178 Å². The Kier molecular flexibility index (Phi) is 7.00. The highest BCUT2D eigenvalue weighted by Crippen LogP contribution is 2.35. The highest BCUT2D eigenvalue weighted by molar-refractivity contribution is 5.33. The van der Waals surface area contributed by atoms with Crippen LogP contribution in [0.1, 0.15) is 24.0 Å². The van der Waals surface area contributed by atoms with Crippen molar-refractivity contribution in [3.8, 4) is 5.75 Å². The monoisotopic (exact) mass is 414 g/mol. The van der Waals surface area contributed by atoms with Crippen molar-refractivity contribution < 1.29 is 19.0 Å². The Bertz CT molecular complexity index is 818. The van der Waals surface area contributed by atoms with E-state index in [0.29, 0.717) is 38.1 Å². The number of hydrogen-bond acceptors (Lipinski definition) is 5. The van der Waals surface area contributed by atoms with Crippen molar-refractivity contribution in [1.82, 2.24) is 9.80 Å². The van der Waals surface area contributed by atoms with Crippen LogP contribution in [-0.4, -0.2) is 67.5 Å². The van der Waals surface area contributed by atoms with Gasteiger partial charge in [0.2, 0.25) is 0 Å². The third-order valence-corrected chi connectivity index (χ3v) is 6.19. The number of halogens is 1. The van der Waals surface area contributed by atoms with E-state index in [1.807, 2.05) is 18.2 Å². The molecule has 0 atom stereocenters. The van der Waals surface area contributed by atoms with Gasteiger partial charge in [0, 0.05) is 50.4 Å². The zero-order valence-corrected chi connectivity index (χ0v) is 17.4. The van der Waals surface area contributed by atoms with E-state index in [1.165, 1.54) is 6.07 Å². The normalized spacial score (nSPS) is 20.2. The molecule has 2 fully saturated rings. The molecule has 2 aliphatic heterocycles. The van der Waals surface area contributed by atoms with E-state index in [9.17, 15) is 9.50 Å². The summed E-state index contributed by atoms with van der Waals surface area (Å²) in [5.74, 6) is 0.591. The van der Waals surface area contributed by atoms with Gasteiger partial charge >= 0.3 is 0 Å². The zero-order chi connectivity index (χ0) is 20.8. The minimum Gasteiger partial charge on any atom is -0.492 e. The summed E-state index contributed by atoms with van der Waals surface area (Å²) in [6.07, 6.45) is 1.04. The van der Waals surface area contributed by atoms with Gasteiger partial charge in [-0.25, -0.2) is 4.39 Å². The number of rotatable bonds is 7. The molecule has 0 saturated carbocycles. The second kappa shape index (κ2) is 9.88. The largest absolute Gasteiger partial charge is 0.492 e. The number of morpholine rings is 1. The fourth-order valence-corrected chi connectivity index (χ4v) is 4.31. The van der Waals surface area contributed by atoms with Crippen molar-refractivity contribution >= 4 is 0 Å². The van der Waals surface area contributed by atoms with Gasteiger partial charge in [-0.3, -0.25) is 9.80 Å². The lowest BCUT2D eigenvalue weighted by Gasteiger charge is -2.38. The minimum absolute atomic E-state index is 0.326. The summed E-state index contributed by atoms with van der Waals surface area (Å²) < 4.78 is 25.7. The number of para-hydroxylation sites is 1. The van der Waals surface area contributed by atoms with Crippen LogP contribution in [0.4, 0.5) is 4.39 Å². The zero-order valence-electron chi connectivity index (χ0n) is 17.4. The maximum Gasteiger partial charge on any atom is 0.129 e. The van der Waals surface area contributed by atoms with Gasteiger partial charge in [0.1, 0.15) is 18.2 Å².